The Balaban J connectivity index is 2.16. The van der Waals surface area contributed by atoms with Crippen LogP contribution in [0.4, 0.5) is 8.78 Å². The molecule has 0 radical (unpaired) electrons. The van der Waals surface area contributed by atoms with Gasteiger partial charge in [-0.05, 0) is 12.8 Å². The van der Waals surface area contributed by atoms with Crippen LogP contribution in [-0.4, -0.2) is 17.0 Å². The van der Waals surface area contributed by atoms with E-state index in [1.54, 1.807) is 0 Å². The van der Waals surface area contributed by atoms with Gasteiger partial charge in [0.1, 0.15) is 0 Å². The van der Waals surface area contributed by atoms with Crippen LogP contribution in [-0.2, 0) is 4.79 Å². The van der Waals surface area contributed by atoms with Gasteiger partial charge in [0.25, 0.3) is 5.92 Å². The SMILES string of the molecule is O=C(O)C[C@@]12CCCC[C@H]1C2(F)F. The van der Waals surface area contributed by atoms with Gasteiger partial charge in [0.05, 0.1) is 11.8 Å². The Labute approximate surface area is 74.9 Å². The van der Waals surface area contributed by atoms with Gasteiger partial charge in [0.15, 0.2) is 0 Å². The van der Waals surface area contributed by atoms with Crippen LogP contribution < -0.4 is 0 Å². The first-order valence-corrected chi connectivity index (χ1v) is 4.60. The zero-order valence-corrected chi connectivity index (χ0v) is 7.22. The quantitative estimate of drug-likeness (QED) is 0.725. The molecule has 2 fully saturated rings. The van der Waals surface area contributed by atoms with E-state index in [0.717, 1.165) is 12.8 Å². The first-order valence-electron chi connectivity index (χ1n) is 4.60. The van der Waals surface area contributed by atoms with E-state index in [2.05, 4.69) is 0 Å². The standard InChI is InChI=1S/C9H12F2O2/c10-9(11)6-3-1-2-4-8(6,9)5-7(12)13/h6H,1-5H2,(H,12,13)/t6-,8+/m1/s1. The lowest BCUT2D eigenvalue weighted by atomic mass is 9.86. The molecule has 0 aliphatic heterocycles. The molecule has 0 saturated heterocycles. The molecule has 2 rings (SSSR count). The molecular weight excluding hydrogens is 178 g/mol. The first kappa shape index (κ1) is 8.91. The topological polar surface area (TPSA) is 37.3 Å². The van der Waals surface area contributed by atoms with Gasteiger partial charge in [-0.3, -0.25) is 4.79 Å². The first-order chi connectivity index (χ1) is 6.01. The molecule has 2 atom stereocenters. The van der Waals surface area contributed by atoms with Crippen LogP contribution in [0.5, 0.6) is 0 Å². The predicted octanol–water partition coefficient (Wildman–Crippen LogP) is 2.29. The van der Waals surface area contributed by atoms with Crippen LogP contribution >= 0.6 is 0 Å². The summed E-state index contributed by atoms with van der Waals surface area (Å²) < 4.78 is 26.5. The fourth-order valence-electron chi connectivity index (χ4n) is 2.78. The Hall–Kier alpha value is -0.670. The van der Waals surface area contributed by atoms with Crippen LogP contribution in [0.25, 0.3) is 0 Å². The molecule has 2 aliphatic carbocycles. The normalized spacial score (nSPS) is 40.9. The van der Waals surface area contributed by atoms with Gasteiger partial charge in [-0.1, -0.05) is 12.8 Å². The number of carboxylic acids is 1. The summed E-state index contributed by atoms with van der Waals surface area (Å²) in [4.78, 5) is 10.5. The number of hydrogen-bond acceptors (Lipinski definition) is 1. The second kappa shape index (κ2) is 2.42. The van der Waals surface area contributed by atoms with Gasteiger partial charge >= 0.3 is 5.97 Å². The minimum absolute atomic E-state index is 0.356. The molecule has 0 aromatic rings. The second-order valence-corrected chi connectivity index (χ2v) is 4.15. The Kier molecular flexibility index (Phi) is 1.66. The summed E-state index contributed by atoms with van der Waals surface area (Å²) in [5, 5.41) is 8.56. The summed E-state index contributed by atoms with van der Waals surface area (Å²) in [6, 6.07) is 0. The van der Waals surface area contributed by atoms with Crippen LogP contribution in [0.15, 0.2) is 0 Å². The highest BCUT2D eigenvalue weighted by atomic mass is 19.3. The van der Waals surface area contributed by atoms with Gasteiger partial charge < -0.3 is 5.11 Å². The van der Waals surface area contributed by atoms with Crippen LogP contribution in [0.1, 0.15) is 32.1 Å². The minimum Gasteiger partial charge on any atom is -0.481 e. The van der Waals surface area contributed by atoms with Crippen molar-refractivity contribution in [3.05, 3.63) is 0 Å². The van der Waals surface area contributed by atoms with Gasteiger partial charge in [-0.15, -0.1) is 0 Å². The van der Waals surface area contributed by atoms with Crippen molar-refractivity contribution in [3.63, 3.8) is 0 Å². The van der Waals surface area contributed by atoms with E-state index >= 15 is 0 Å². The number of aliphatic carboxylic acids is 1. The van der Waals surface area contributed by atoms with E-state index < -0.39 is 23.2 Å². The largest absolute Gasteiger partial charge is 0.481 e. The zero-order valence-electron chi connectivity index (χ0n) is 7.22. The third-order valence-corrected chi connectivity index (χ3v) is 3.52. The molecule has 4 heteroatoms. The third kappa shape index (κ3) is 1.00. The highest BCUT2D eigenvalue weighted by Crippen LogP contribution is 2.73. The molecule has 2 aliphatic rings. The molecule has 2 saturated carbocycles. The zero-order chi connectivity index (χ0) is 9.69. The summed E-state index contributed by atoms with van der Waals surface area (Å²) in [6.45, 7) is 0. The van der Waals surface area contributed by atoms with Crippen molar-refractivity contribution in [2.24, 2.45) is 11.3 Å². The Morgan fingerprint density at radius 1 is 1.46 bits per heavy atom. The Bertz CT molecular complexity index is 252. The molecule has 0 heterocycles. The van der Waals surface area contributed by atoms with Gasteiger partial charge in [0.2, 0.25) is 0 Å². The third-order valence-electron chi connectivity index (χ3n) is 3.52. The van der Waals surface area contributed by atoms with Crippen LogP contribution in [0.3, 0.4) is 0 Å². The van der Waals surface area contributed by atoms with Crippen molar-refractivity contribution in [2.45, 2.75) is 38.0 Å². The molecule has 74 valence electrons. The van der Waals surface area contributed by atoms with E-state index in [9.17, 15) is 13.6 Å². The molecule has 1 N–H and O–H groups in total. The fourth-order valence-corrected chi connectivity index (χ4v) is 2.78. The Morgan fingerprint density at radius 2 is 2.15 bits per heavy atom. The summed E-state index contributed by atoms with van der Waals surface area (Å²) >= 11 is 0. The van der Waals surface area contributed by atoms with E-state index in [1.165, 1.54) is 0 Å². The number of alkyl halides is 2. The van der Waals surface area contributed by atoms with Crippen molar-refractivity contribution in [1.29, 1.82) is 0 Å². The molecule has 0 amide bonds. The number of carboxylic acid groups (broad SMARTS) is 1. The molecule has 0 aromatic heterocycles. The average molecular weight is 190 g/mol. The number of carbonyl (C=O) groups is 1. The van der Waals surface area contributed by atoms with Crippen molar-refractivity contribution >= 4 is 5.97 Å². The number of rotatable bonds is 2. The van der Waals surface area contributed by atoms with Gasteiger partial charge in [-0.2, -0.15) is 0 Å². The summed E-state index contributed by atoms with van der Waals surface area (Å²) in [5.74, 6) is -4.45. The maximum atomic E-state index is 13.3. The van der Waals surface area contributed by atoms with E-state index in [1.807, 2.05) is 0 Å². The van der Waals surface area contributed by atoms with E-state index in [0.29, 0.717) is 12.8 Å². The van der Waals surface area contributed by atoms with E-state index in [-0.39, 0.29) is 6.42 Å². The summed E-state index contributed by atoms with van der Waals surface area (Å²) in [5.41, 5.74) is -1.17. The van der Waals surface area contributed by atoms with Crippen molar-refractivity contribution in [3.8, 4) is 0 Å². The van der Waals surface area contributed by atoms with E-state index in [4.69, 9.17) is 5.11 Å². The molecule has 0 spiro atoms. The molecule has 0 aromatic carbocycles. The van der Waals surface area contributed by atoms with Crippen molar-refractivity contribution < 1.29 is 18.7 Å². The minimum atomic E-state index is -2.71. The molecule has 2 nitrogen and oxygen atoms in total. The highest BCUT2D eigenvalue weighted by Gasteiger charge is 2.80. The number of hydrogen-bond donors (Lipinski definition) is 1. The lowest BCUT2D eigenvalue weighted by Crippen LogP contribution is -2.17. The maximum absolute atomic E-state index is 13.3. The van der Waals surface area contributed by atoms with Crippen LogP contribution in [0, 0.1) is 11.3 Å². The lowest BCUT2D eigenvalue weighted by Gasteiger charge is -2.17. The maximum Gasteiger partial charge on any atom is 0.304 e. The monoisotopic (exact) mass is 190 g/mol. The van der Waals surface area contributed by atoms with Gasteiger partial charge in [-0.25, -0.2) is 8.78 Å². The fraction of sp³-hybridized carbons (Fsp3) is 0.889. The van der Waals surface area contributed by atoms with Crippen LogP contribution in [0.2, 0.25) is 0 Å². The lowest BCUT2D eigenvalue weighted by molar-refractivity contribution is -0.139. The van der Waals surface area contributed by atoms with Crippen molar-refractivity contribution in [2.75, 3.05) is 0 Å². The molecule has 0 bridgehead atoms. The second-order valence-electron chi connectivity index (χ2n) is 4.15. The predicted molar refractivity (Wildman–Crippen MR) is 41.6 cm³/mol. The average Bonchev–Trinajstić information content (AvgIpc) is 2.48. The van der Waals surface area contributed by atoms with Gasteiger partial charge in [0, 0.05) is 5.92 Å². The smallest absolute Gasteiger partial charge is 0.304 e. The molecule has 13 heavy (non-hydrogen) atoms. The highest BCUT2D eigenvalue weighted by molar-refractivity contribution is 5.69. The summed E-state index contributed by atoms with van der Waals surface area (Å²) in [7, 11) is 0. The van der Waals surface area contributed by atoms with Crippen molar-refractivity contribution in [1.82, 2.24) is 0 Å². The number of fused-ring (bicyclic) bond motifs is 1. The molecular formula is C9H12F2O2. The Morgan fingerprint density at radius 3 is 2.69 bits per heavy atom. The molecule has 0 unspecified atom stereocenters. The summed E-state index contributed by atoms with van der Waals surface area (Å²) in [6.07, 6.45) is 2.10. The number of halogens is 2.